The number of methoxy groups -OCH3 is 1. The van der Waals surface area contributed by atoms with Gasteiger partial charge in [0.25, 0.3) is 0 Å². The molecule has 1 N–H and O–H groups in total. The van der Waals surface area contributed by atoms with Crippen molar-refractivity contribution in [1.82, 2.24) is 9.97 Å². The van der Waals surface area contributed by atoms with E-state index in [1.165, 1.54) is 0 Å². The molecule has 0 spiro atoms. The van der Waals surface area contributed by atoms with Gasteiger partial charge in [-0.25, -0.2) is 0 Å². The van der Waals surface area contributed by atoms with Crippen LogP contribution in [-0.4, -0.2) is 22.9 Å². The van der Waals surface area contributed by atoms with Crippen LogP contribution in [0.15, 0.2) is 48.8 Å². The molecule has 0 saturated heterocycles. The fourth-order valence-electron chi connectivity index (χ4n) is 2.62. The van der Waals surface area contributed by atoms with Gasteiger partial charge in [0.2, 0.25) is 0 Å². The molecule has 4 nitrogen and oxygen atoms in total. The van der Waals surface area contributed by atoms with Crippen molar-refractivity contribution in [1.29, 1.82) is 0 Å². The number of rotatable bonds is 5. The first-order chi connectivity index (χ1) is 11.2. The SMILES string of the molecule is CCc1[nH]c2ccc(OC)cc2c1C=CC(=O)c1ccncc1. The van der Waals surface area contributed by atoms with Crippen LogP contribution in [0.25, 0.3) is 17.0 Å². The number of nitrogens with zero attached hydrogens (tertiary/aromatic N) is 1. The number of fused-ring (bicyclic) bond motifs is 1. The second-order valence-electron chi connectivity index (χ2n) is 5.22. The average molecular weight is 306 g/mol. The van der Waals surface area contributed by atoms with Crippen LogP contribution in [-0.2, 0) is 6.42 Å². The molecule has 0 fully saturated rings. The minimum absolute atomic E-state index is 0.0355. The summed E-state index contributed by atoms with van der Waals surface area (Å²) in [6, 6.07) is 9.34. The van der Waals surface area contributed by atoms with Gasteiger partial charge in [0.05, 0.1) is 7.11 Å². The number of ketones is 1. The first-order valence-electron chi connectivity index (χ1n) is 7.54. The molecule has 0 aliphatic carbocycles. The summed E-state index contributed by atoms with van der Waals surface area (Å²) in [6.45, 7) is 2.09. The molecule has 3 rings (SSSR count). The van der Waals surface area contributed by atoms with Crippen LogP contribution in [0.3, 0.4) is 0 Å². The van der Waals surface area contributed by atoms with E-state index in [0.29, 0.717) is 5.56 Å². The van der Waals surface area contributed by atoms with Crippen LogP contribution in [0, 0.1) is 0 Å². The first-order valence-corrected chi connectivity index (χ1v) is 7.54. The van der Waals surface area contributed by atoms with E-state index in [0.717, 1.165) is 34.3 Å². The van der Waals surface area contributed by atoms with E-state index in [-0.39, 0.29) is 5.78 Å². The maximum absolute atomic E-state index is 12.2. The molecule has 0 atom stereocenters. The van der Waals surface area contributed by atoms with E-state index in [1.807, 2.05) is 24.3 Å². The highest BCUT2D eigenvalue weighted by Crippen LogP contribution is 2.28. The molecule has 0 amide bonds. The Morgan fingerprint density at radius 2 is 2.04 bits per heavy atom. The van der Waals surface area contributed by atoms with E-state index in [9.17, 15) is 4.79 Å². The lowest BCUT2D eigenvalue weighted by Gasteiger charge is -2.00. The normalized spacial score (nSPS) is 11.2. The van der Waals surface area contributed by atoms with Gasteiger partial charge in [-0.3, -0.25) is 9.78 Å². The molecule has 3 aromatic rings. The number of hydrogen-bond acceptors (Lipinski definition) is 3. The number of carbonyl (C=O) groups is 1. The molecule has 0 aliphatic rings. The number of pyridine rings is 1. The van der Waals surface area contributed by atoms with Crippen molar-refractivity contribution in [2.45, 2.75) is 13.3 Å². The fourth-order valence-corrected chi connectivity index (χ4v) is 2.62. The summed E-state index contributed by atoms with van der Waals surface area (Å²) in [5.41, 5.74) is 3.81. The lowest BCUT2D eigenvalue weighted by molar-refractivity contribution is 0.104. The van der Waals surface area contributed by atoms with Crippen LogP contribution >= 0.6 is 0 Å². The Bertz CT molecular complexity index is 864. The third-order valence-corrected chi connectivity index (χ3v) is 3.85. The lowest BCUT2D eigenvalue weighted by Crippen LogP contribution is -1.94. The summed E-state index contributed by atoms with van der Waals surface area (Å²) >= 11 is 0. The molecule has 0 bridgehead atoms. The molecule has 1 aromatic carbocycles. The number of nitrogens with one attached hydrogen (secondary N) is 1. The highest BCUT2D eigenvalue weighted by molar-refractivity contribution is 6.08. The predicted octanol–water partition coefficient (Wildman–Crippen LogP) is 4.03. The molecular formula is C19H18N2O2. The van der Waals surface area contributed by atoms with Crippen LogP contribution in [0.5, 0.6) is 5.75 Å². The molecule has 0 radical (unpaired) electrons. The van der Waals surface area contributed by atoms with Crippen molar-refractivity contribution < 1.29 is 9.53 Å². The Morgan fingerprint density at radius 3 is 2.74 bits per heavy atom. The minimum Gasteiger partial charge on any atom is -0.497 e. The lowest BCUT2D eigenvalue weighted by atomic mass is 10.1. The van der Waals surface area contributed by atoms with Crippen molar-refractivity contribution in [3.8, 4) is 5.75 Å². The number of hydrogen-bond donors (Lipinski definition) is 1. The van der Waals surface area contributed by atoms with Gasteiger partial charge >= 0.3 is 0 Å². The Morgan fingerprint density at radius 1 is 1.26 bits per heavy atom. The average Bonchev–Trinajstić information content (AvgIpc) is 2.97. The molecule has 116 valence electrons. The topological polar surface area (TPSA) is 55.0 Å². The number of aromatic nitrogens is 2. The predicted molar refractivity (Wildman–Crippen MR) is 91.8 cm³/mol. The molecular weight excluding hydrogens is 288 g/mol. The molecule has 4 heteroatoms. The Labute approximate surface area is 134 Å². The quantitative estimate of drug-likeness (QED) is 0.572. The number of ether oxygens (including phenoxy) is 1. The Hall–Kier alpha value is -2.88. The summed E-state index contributed by atoms with van der Waals surface area (Å²) < 4.78 is 5.30. The molecule has 0 saturated carbocycles. The zero-order chi connectivity index (χ0) is 16.2. The summed E-state index contributed by atoms with van der Waals surface area (Å²) in [4.78, 5) is 19.6. The smallest absolute Gasteiger partial charge is 0.185 e. The second-order valence-corrected chi connectivity index (χ2v) is 5.22. The number of carbonyl (C=O) groups excluding carboxylic acids is 1. The van der Waals surface area contributed by atoms with Gasteiger partial charge in [0.15, 0.2) is 5.78 Å². The number of allylic oxidation sites excluding steroid dienone is 1. The summed E-state index contributed by atoms with van der Waals surface area (Å²) in [6.07, 6.45) is 7.58. The molecule has 23 heavy (non-hydrogen) atoms. The summed E-state index contributed by atoms with van der Waals surface area (Å²) in [7, 11) is 1.65. The number of H-pyrrole nitrogens is 1. The maximum atomic E-state index is 12.2. The third kappa shape index (κ3) is 3.01. The van der Waals surface area contributed by atoms with Gasteiger partial charge in [0.1, 0.15) is 5.75 Å². The van der Waals surface area contributed by atoms with Crippen molar-refractivity contribution in [2.75, 3.05) is 7.11 Å². The highest BCUT2D eigenvalue weighted by atomic mass is 16.5. The number of aromatic amines is 1. The van der Waals surface area contributed by atoms with Gasteiger partial charge in [-0.1, -0.05) is 6.92 Å². The van der Waals surface area contributed by atoms with Crippen molar-refractivity contribution in [3.05, 3.63) is 65.6 Å². The Kier molecular flexibility index (Phi) is 4.24. The standard InChI is InChI=1S/C19H18N2O2/c1-3-17-15(5-7-19(22)13-8-10-20-11-9-13)16-12-14(23-2)4-6-18(16)21-17/h4-12,21H,3H2,1-2H3. The highest BCUT2D eigenvalue weighted by Gasteiger charge is 2.09. The summed E-state index contributed by atoms with van der Waals surface area (Å²) in [5, 5.41) is 1.06. The van der Waals surface area contributed by atoms with E-state index < -0.39 is 0 Å². The van der Waals surface area contributed by atoms with Crippen LogP contribution < -0.4 is 4.74 Å². The van der Waals surface area contributed by atoms with Crippen molar-refractivity contribution >= 4 is 22.8 Å². The zero-order valence-corrected chi connectivity index (χ0v) is 13.2. The van der Waals surface area contributed by atoms with Crippen LogP contribution in [0.2, 0.25) is 0 Å². The van der Waals surface area contributed by atoms with Gasteiger partial charge in [-0.05, 0) is 48.9 Å². The van der Waals surface area contributed by atoms with E-state index in [4.69, 9.17) is 4.74 Å². The number of aryl methyl sites for hydroxylation is 1. The van der Waals surface area contributed by atoms with E-state index in [1.54, 1.807) is 37.7 Å². The minimum atomic E-state index is -0.0355. The first kappa shape index (κ1) is 15.0. The fraction of sp³-hybridized carbons (Fsp3) is 0.158. The van der Waals surface area contributed by atoms with Crippen molar-refractivity contribution in [3.63, 3.8) is 0 Å². The van der Waals surface area contributed by atoms with E-state index in [2.05, 4.69) is 16.9 Å². The van der Waals surface area contributed by atoms with Gasteiger partial charge < -0.3 is 9.72 Å². The summed E-state index contributed by atoms with van der Waals surface area (Å²) in [5.74, 6) is 0.765. The van der Waals surface area contributed by atoms with Gasteiger partial charge in [-0.15, -0.1) is 0 Å². The molecule has 0 aliphatic heterocycles. The van der Waals surface area contributed by atoms with Gasteiger partial charge in [-0.2, -0.15) is 0 Å². The number of benzene rings is 1. The second kappa shape index (κ2) is 6.48. The molecule has 0 unspecified atom stereocenters. The van der Waals surface area contributed by atoms with Crippen molar-refractivity contribution in [2.24, 2.45) is 0 Å². The van der Waals surface area contributed by atoms with Gasteiger partial charge in [0, 0.05) is 40.1 Å². The monoisotopic (exact) mass is 306 g/mol. The zero-order valence-electron chi connectivity index (χ0n) is 13.2. The largest absolute Gasteiger partial charge is 0.497 e. The maximum Gasteiger partial charge on any atom is 0.185 e. The Balaban J connectivity index is 2.01. The molecule has 2 heterocycles. The van der Waals surface area contributed by atoms with Crippen LogP contribution in [0.1, 0.15) is 28.5 Å². The third-order valence-electron chi connectivity index (χ3n) is 3.85. The van der Waals surface area contributed by atoms with E-state index >= 15 is 0 Å². The molecule has 2 aromatic heterocycles. The van der Waals surface area contributed by atoms with Crippen LogP contribution in [0.4, 0.5) is 0 Å².